The monoisotopic (exact) mass is 440 g/mol. The Morgan fingerprint density at radius 3 is 2.27 bits per heavy atom. The van der Waals surface area contributed by atoms with Gasteiger partial charge in [0.1, 0.15) is 6.10 Å². The first kappa shape index (κ1) is 20.5. The minimum absolute atomic E-state index is 0.0332. The minimum Gasteiger partial charge on any atom is -0.411 e. The van der Waals surface area contributed by atoms with E-state index in [-0.39, 0.29) is 23.4 Å². The van der Waals surface area contributed by atoms with Gasteiger partial charge in [0.05, 0.1) is 12.2 Å². The molecule has 146 valence electrons. The van der Waals surface area contributed by atoms with Crippen LogP contribution >= 0.6 is 15.9 Å². The third kappa shape index (κ3) is 4.27. The lowest BCUT2D eigenvalue weighted by molar-refractivity contribution is -0.152. The van der Waals surface area contributed by atoms with Gasteiger partial charge in [-0.3, -0.25) is 0 Å². The second-order valence-electron chi connectivity index (χ2n) is 9.78. The molecule has 1 heterocycles. The quantitative estimate of drug-likeness (QED) is 0.520. The van der Waals surface area contributed by atoms with Crippen molar-refractivity contribution in [2.75, 3.05) is 0 Å². The zero-order chi connectivity index (χ0) is 19.3. The highest BCUT2D eigenvalue weighted by Crippen LogP contribution is 2.46. The fraction of sp³-hybridized carbons (Fsp3) is 0.714. The molecule has 3 rings (SSSR count). The molecule has 0 spiro atoms. The average molecular weight is 441 g/mol. The first-order valence-electron chi connectivity index (χ1n) is 9.67. The van der Waals surface area contributed by atoms with E-state index >= 15 is 0 Å². The van der Waals surface area contributed by atoms with Crippen LogP contribution in [0.3, 0.4) is 0 Å². The van der Waals surface area contributed by atoms with Crippen LogP contribution in [-0.2, 0) is 13.9 Å². The molecule has 0 radical (unpaired) electrons. The van der Waals surface area contributed by atoms with E-state index < -0.39 is 14.1 Å². The molecule has 2 fully saturated rings. The fourth-order valence-electron chi connectivity index (χ4n) is 3.83. The topological polar surface area (TPSA) is 27.7 Å². The summed E-state index contributed by atoms with van der Waals surface area (Å²) in [5, 5.41) is 0.183. The van der Waals surface area contributed by atoms with Crippen molar-refractivity contribution in [2.24, 2.45) is 0 Å². The number of benzene rings is 1. The van der Waals surface area contributed by atoms with Gasteiger partial charge in [-0.2, -0.15) is 0 Å². The third-order valence-corrected chi connectivity index (χ3v) is 11.2. The van der Waals surface area contributed by atoms with Gasteiger partial charge in [-0.15, -0.1) is 0 Å². The largest absolute Gasteiger partial charge is 0.411 e. The Morgan fingerprint density at radius 1 is 1.08 bits per heavy atom. The summed E-state index contributed by atoms with van der Waals surface area (Å²) in [6, 6.07) is 8.70. The summed E-state index contributed by atoms with van der Waals surface area (Å²) in [6.07, 6.45) is 2.21. The number of hydrogen-bond donors (Lipinski definition) is 0. The maximum atomic E-state index is 6.85. The average Bonchev–Trinajstić information content (AvgIpc) is 2.81. The second kappa shape index (κ2) is 7.00. The van der Waals surface area contributed by atoms with Crippen molar-refractivity contribution in [1.82, 2.24) is 0 Å². The lowest BCUT2D eigenvalue weighted by Gasteiger charge is -2.44. The van der Waals surface area contributed by atoms with Crippen LogP contribution in [0.15, 0.2) is 28.7 Å². The second-order valence-corrected chi connectivity index (χ2v) is 15.4. The first-order valence-corrected chi connectivity index (χ1v) is 13.4. The zero-order valence-electron chi connectivity index (χ0n) is 17.1. The van der Waals surface area contributed by atoms with E-state index in [4.69, 9.17) is 13.9 Å². The molecule has 0 N–H and O–H groups in total. The molecule has 1 aromatic rings. The van der Waals surface area contributed by atoms with Crippen molar-refractivity contribution >= 4 is 24.2 Å². The Morgan fingerprint density at radius 2 is 1.69 bits per heavy atom. The van der Waals surface area contributed by atoms with Gasteiger partial charge in [0.25, 0.3) is 0 Å². The molecule has 4 atom stereocenters. The molecule has 1 aromatic carbocycles. The highest BCUT2D eigenvalue weighted by atomic mass is 79.9. The van der Waals surface area contributed by atoms with Gasteiger partial charge in [0, 0.05) is 4.47 Å². The molecule has 1 saturated heterocycles. The summed E-state index contributed by atoms with van der Waals surface area (Å²) >= 11 is 3.54. The van der Waals surface area contributed by atoms with E-state index in [1.165, 1.54) is 5.56 Å². The number of hydrogen-bond acceptors (Lipinski definition) is 3. The molecule has 26 heavy (non-hydrogen) atoms. The molecule has 0 amide bonds. The normalized spacial score (nSPS) is 31.7. The predicted molar refractivity (Wildman–Crippen MR) is 112 cm³/mol. The van der Waals surface area contributed by atoms with Gasteiger partial charge < -0.3 is 13.9 Å². The molecule has 5 heteroatoms. The molecule has 1 saturated carbocycles. The summed E-state index contributed by atoms with van der Waals surface area (Å²) in [6.45, 7) is 15.6. The van der Waals surface area contributed by atoms with Gasteiger partial charge in [0.15, 0.2) is 14.1 Å². The lowest BCUT2D eigenvalue weighted by Crippen LogP contribution is -2.51. The Labute approximate surface area is 168 Å². The molecule has 2 aliphatic rings. The smallest absolute Gasteiger partial charge is 0.192 e. The van der Waals surface area contributed by atoms with Crippen molar-refractivity contribution in [2.45, 2.75) is 95.6 Å². The molecule has 0 bridgehead atoms. The predicted octanol–water partition coefficient (Wildman–Crippen LogP) is 6.24. The van der Waals surface area contributed by atoms with E-state index in [2.05, 4.69) is 74.1 Å². The van der Waals surface area contributed by atoms with Gasteiger partial charge in [-0.1, -0.05) is 48.8 Å². The van der Waals surface area contributed by atoms with Gasteiger partial charge in [-0.25, -0.2) is 0 Å². The molecule has 1 aliphatic heterocycles. The van der Waals surface area contributed by atoms with Crippen LogP contribution in [0, 0.1) is 0 Å². The number of rotatable bonds is 3. The van der Waals surface area contributed by atoms with E-state index in [0.29, 0.717) is 5.92 Å². The van der Waals surface area contributed by atoms with Gasteiger partial charge in [0.2, 0.25) is 0 Å². The SMILES string of the molecule is CC1(C)O[C@H]2[C@H](C[C@H](c3ccc(Br)cc3)C[C@@H]2O[Si](C)(C)C(C)(C)C)O1. The summed E-state index contributed by atoms with van der Waals surface area (Å²) in [7, 11) is -1.88. The zero-order valence-corrected chi connectivity index (χ0v) is 19.7. The van der Waals surface area contributed by atoms with Crippen LogP contribution in [0.25, 0.3) is 0 Å². The number of halogens is 1. The molecule has 1 aliphatic carbocycles. The first-order chi connectivity index (χ1) is 11.9. The van der Waals surface area contributed by atoms with Crippen molar-refractivity contribution in [3.63, 3.8) is 0 Å². The Balaban J connectivity index is 1.86. The van der Waals surface area contributed by atoms with Crippen molar-refractivity contribution in [1.29, 1.82) is 0 Å². The van der Waals surface area contributed by atoms with Crippen molar-refractivity contribution in [3.05, 3.63) is 34.3 Å². The highest BCUT2D eigenvalue weighted by Gasteiger charge is 2.52. The van der Waals surface area contributed by atoms with E-state index in [9.17, 15) is 0 Å². The minimum atomic E-state index is -1.88. The summed E-state index contributed by atoms with van der Waals surface area (Å²) < 4.78 is 20.5. The van der Waals surface area contributed by atoms with Crippen LogP contribution in [0.4, 0.5) is 0 Å². The summed E-state index contributed by atoms with van der Waals surface area (Å²) in [5.41, 5.74) is 1.36. The van der Waals surface area contributed by atoms with Gasteiger partial charge in [-0.05, 0) is 68.4 Å². The number of ether oxygens (including phenoxy) is 2. The highest BCUT2D eigenvalue weighted by molar-refractivity contribution is 9.10. The molecular formula is C21H33BrO3Si. The van der Waals surface area contributed by atoms with Crippen molar-refractivity contribution < 1.29 is 13.9 Å². The van der Waals surface area contributed by atoms with Crippen LogP contribution in [0.5, 0.6) is 0 Å². The van der Waals surface area contributed by atoms with E-state index in [0.717, 1.165) is 17.3 Å². The standard InChI is InChI=1S/C21H33BrO3Si/c1-20(2,3)26(6,7)25-18-13-15(14-8-10-16(22)11-9-14)12-17-19(18)24-21(4,5)23-17/h8-11,15,17-19H,12-13H2,1-7H3/t15-,17-,18-,19-/m0/s1. The summed E-state index contributed by atoms with van der Waals surface area (Å²) in [5.74, 6) is -0.0875. The molecule has 3 nitrogen and oxygen atoms in total. The molecular weight excluding hydrogens is 408 g/mol. The van der Waals surface area contributed by atoms with E-state index in [1.54, 1.807) is 0 Å². The Hall–Kier alpha value is -0.203. The Bertz CT molecular complexity index is 636. The third-order valence-electron chi connectivity index (χ3n) is 6.22. The van der Waals surface area contributed by atoms with Gasteiger partial charge >= 0.3 is 0 Å². The molecule has 0 unspecified atom stereocenters. The van der Waals surface area contributed by atoms with Crippen molar-refractivity contribution in [3.8, 4) is 0 Å². The van der Waals surface area contributed by atoms with Crippen LogP contribution in [-0.4, -0.2) is 32.4 Å². The number of fused-ring (bicyclic) bond motifs is 1. The summed E-state index contributed by atoms with van der Waals surface area (Å²) in [4.78, 5) is 0. The van der Waals surface area contributed by atoms with Crippen LogP contribution < -0.4 is 0 Å². The Kier molecular flexibility index (Phi) is 5.53. The maximum Gasteiger partial charge on any atom is 0.192 e. The van der Waals surface area contributed by atoms with Crippen LogP contribution in [0.2, 0.25) is 18.1 Å². The fourth-order valence-corrected chi connectivity index (χ4v) is 5.43. The maximum absolute atomic E-state index is 6.85. The lowest BCUT2D eigenvalue weighted by atomic mass is 9.79. The van der Waals surface area contributed by atoms with E-state index in [1.807, 2.05) is 13.8 Å². The molecule has 0 aromatic heterocycles. The van der Waals surface area contributed by atoms with Crippen LogP contribution in [0.1, 0.15) is 58.9 Å².